The number of anilines is 3. The number of benzene rings is 7. The number of fused-ring (bicyclic) bond motifs is 6. The molecule has 0 spiro atoms. The number of hydrogen-bond donors (Lipinski definition) is 0. The van der Waals surface area contributed by atoms with Crippen molar-refractivity contribution in [1.82, 2.24) is 9.55 Å². The molecule has 212 valence electrons. The first-order valence-corrected chi connectivity index (χ1v) is 15.1. The minimum absolute atomic E-state index is 0.627. The van der Waals surface area contributed by atoms with Gasteiger partial charge in [0.25, 0.3) is 0 Å². The minimum atomic E-state index is 0.627. The van der Waals surface area contributed by atoms with Crippen molar-refractivity contribution in [3.63, 3.8) is 0 Å². The van der Waals surface area contributed by atoms with Crippen LogP contribution in [0.5, 0.6) is 0 Å². The highest BCUT2D eigenvalue weighted by atomic mass is 16.3. The van der Waals surface area contributed by atoms with Gasteiger partial charge in [-0.3, -0.25) is 0 Å². The fourth-order valence-corrected chi connectivity index (χ4v) is 6.51. The van der Waals surface area contributed by atoms with E-state index in [9.17, 15) is 0 Å². The number of aromatic nitrogens is 2. The van der Waals surface area contributed by atoms with Crippen LogP contribution < -0.4 is 4.90 Å². The summed E-state index contributed by atoms with van der Waals surface area (Å²) < 4.78 is 8.80. The standard InChI is InChI=1S/C41H27N3O/c1-4-12-29(13-5-1)41-42-37-25-21-28-20-22-32(26-36(28)40(37)45-41)43(30-14-6-2-7-15-30)33-23-24-35-34-18-10-11-19-38(34)44(39(35)27-33)31-16-8-3-9-17-31/h1-27H. The summed E-state index contributed by atoms with van der Waals surface area (Å²) in [7, 11) is 0. The second-order valence-corrected chi connectivity index (χ2v) is 11.3. The zero-order chi connectivity index (χ0) is 29.7. The second-order valence-electron chi connectivity index (χ2n) is 11.3. The highest BCUT2D eigenvalue weighted by molar-refractivity contribution is 6.11. The SMILES string of the molecule is c1ccc(-c2nc3ccc4ccc(N(c5ccccc5)c5ccc6c7ccccc7n(-c7ccccc7)c6c5)cc4c3o2)cc1. The van der Waals surface area contributed by atoms with Crippen molar-refractivity contribution in [1.29, 1.82) is 0 Å². The minimum Gasteiger partial charge on any atom is -0.435 e. The highest BCUT2D eigenvalue weighted by Gasteiger charge is 2.19. The summed E-state index contributed by atoms with van der Waals surface area (Å²) in [4.78, 5) is 7.15. The molecule has 0 fully saturated rings. The lowest BCUT2D eigenvalue weighted by atomic mass is 10.1. The van der Waals surface area contributed by atoms with E-state index in [-0.39, 0.29) is 0 Å². The van der Waals surface area contributed by atoms with Gasteiger partial charge in [-0.1, -0.05) is 91.0 Å². The van der Waals surface area contributed by atoms with E-state index in [0.29, 0.717) is 5.89 Å². The number of nitrogens with zero attached hydrogens (tertiary/aromatic N) is 3. The van der Waals surface area contributed by atoms with Gasteiger partial charge in [0.15, 0.2) is 5.58 Å². The fraction of sp³-hybridized carbons (Fsp3) is 0. The van der Waals surface area contributed by atoms with Gasteiger partial charge in [-0.25, -0.2) is 4.98 Å². The van der Waals surface area contributed by atoms with E-state index in [1.54, 1.807) is 0 Å². The molecular weight excluding hydrogens is 550 g/mol. The van der Waals surface area contributed by atoms with Gasteiger partial charge in [-0.05, 0) is 78.2 Å². The van der Waals surface area contributed by atoms with E-state index in [2.05, 4.69) is 137 Å². The van der Waals surface area contributed by atoms with Gasteiger partial charge in [0.1, 0.15) is 5.52 Å². The molecule has 0 N–H and O–H groups in total. The molecule has 0 aliphatic carbocycles. The molecule has 0 radical (unpaired) electrons. The van der Waals surface area contributed by atoms with Crippen LogP contribution in [0.25, 0.3) is 60.8 Å². The lowest BCUT2D eigenvalue weighted by Crippen LogP contribution is -2.10. The van der Waals surface area contributed by atoms with Crippen molar-refractivity contribution >= 4 is 60.7 Å². The van der Waals surface area contributed by atoms with Crippen molar-refractivity contribution in [2.24, 2.45) is 0 Å². The Labute approximate surface area is 260 Å². The van der Waals surface area contributed by atoms with Gasteiger partial charge < -0.3 is 13.9 Å². The number of oxazole rings is 1. The molecule has 2 heterocycles. The van der Waals surface area contributed by atoms with Crippen molar-refractivity contribution in [3.05, 3.63) is 164 Å². The zero-order valence-electron chi connectivity index (χ0n) is 24.3. The Balaban J connectivity index is 1.27. The smallest absolute Gasteiger partial charge is 0.227 e. The Morgan fingerprint density at radius 3 is 1.96 bits per heavy atom. The van der Waals surface area contributed by atoms with Crippen LogP contribution in [0.2, 0.25) is 0 Å². The molecule has 9 aromatic rings. The maximum absolute atomic E-state index is 6.44. The summed E-state index contributed by atoms with van der Waals surface area (Å²) in [6.45, 7) is 0. The summed E-state index contributed by atoms with van der Waals surface area (Å²) in [5.74, 6) is 0.627. The molecule has 0 bridgehead atoms. The summed E-state index contributed by atoms with van der Waals surface area (Å²) in [6, 6.07) is 57.4. The second kappa shape index (κ2) is 10.2. The van der Waals surface area contributed by atoms with Gasteiger partial charge in [0, 0.05) is 44.5 Å². The van der Waals surface area contributed by atoms with Crippen LogP contribution in [0.3, 0.4) is 0 Å². The van der Waals surface area contributed by atoms with Gasteiger partial charge in [0.05, 0.1) is 11.0 Å². The lowest BCUT2D eigenvalue weighted by Gasteiger charge is -2.26. The van der Waals surface area contributed by atoms with E-state index < -0.39 is 0 Å². The van der Waals surface area contributed by atoms with Gasteiger partial charge in [-0.15, -0.1) is 0 Å². The monoisotopic (exact) mass is 577 g/mol. The Kier molecular flexibility index (Phi) is 5.78. The molecule has 0 saturated carbocycles. The number of hydrogen-bond acceptors (Lipinski definition) is 3. The molecule has 0 amide bonds. The number of para-hydroxylation sites is 3. The molecule has 0 aliphatic rings. The quantitative estimate of drug-likeness (QED) is 0.204. The maximum Gasteiger partial charge on any atom is 0.227 e. The van der Waals surface area contributed by atoms with E-state index >= 15 is 0 Å². The maximum atomic E-state index is 6.44. The van der Waals surface area contributed by atoms with E-state index in [1.807, 2.05) is 36.4 Å². The molecule has 2 aromatic heterocycles. The van der Waals surface area contributed by atoms with Gasteiger partial charge in [0.2, 0.25) is 5.89 Å². The summed E-state index contributed by atoms with van der Waals surface area (Å²) in [5.41, 5.74) is 9.28. The lowest BCUT2D eigenvalue weighted by molar-refractivity contribution is 0.623. The van der Waals surface area contributed by atoms with Gasteiger partial charge >= 0.3 is 0 Å². The Hall–Kier alpha value is -6.13. The Morgan fingerprint density at radius 1 is 0.489 bits per heavy atom. The molecule has 0 aliphatic heterocycles. The largest absolute Gasteiger partial charge is 0.435 e. The van der Waals surface area contributed by atoms with Crippen LogP contribution in [-0.2, 0) is 0 Å². The van der Waals surface area contributed by atoms with Crippen LogP contribution in [0.15, 0.2) is 168 Å². The normalized spacial score (nSPS) is 11.6. The first kappa shape index (κ1) is 25.4. The molecule has 4 heteroatoms. The first-order chi connectivity index (χ1) is 22.3. The van der Waals surface area contributed by atoms with Crippen molar-refractivity contribution in [2.45, 2.75) is 0 Å². The van der Waals surface area contributed by atoms with Crippen molar-refractivity contribution in [2.75, 3.05) is 4.90 Å². The highest BCUT2D eigenvalue weighted by Crippen LogP contribution is 2.41. The molecule has 0 unspecified atom stereocenters. The number of rotatable bonds is 5. The summed E-state index contributed by atoms with van der Waals surface area (Å²) in [6.07, 6.45) is 0. The average molecular weight is 578 g/mol. The van der Waals surface area contributed by atoms with Crippen LogP contribution in [0, 0.1) is 0 Å². The van der Waals surface area contributed by atoms with Gasteiger partial charge in [-0.2, -0.15) is 0 Å². The van der Waals surface area contributed by atoms with E-state index in [1.165, 1.54) is 16.3 Å². The fourth-order valence-electron chi connectivity index (χ4n) is 6.51. The summed E-state index contributed by atoms with van der Waals surface area (Å²) >= 11 is 0. The van der Waals surface area contributed by atoms with Crippen LogP contribution >= 0.6 is 0 Å². The molecule has 45 heavy (non-hydrogen) atoms. The van der Waals surface area contributed by atoms with E-state index in [0.717, 1.165) is 55.7 Å². The zero-order valence-corrected chi connectivity index (χ0v) is 24.3. The predicted octanol–water partition coefficient (Wildman–Crippen LogP) is 11.2. The predicted molar refractivity (Wildman–Crippen MR) is 186 cm³/mol. The molecule has 4 nitrogen and oxygen atoms in total. The molecule has 0 atom stereocenters. The van der Waals surface area contributed by atoms with Crippen LogP contribution in [0.1, 0.15) is 0 Å². The molecule has 9 rings (SSSR count). The third-order valence-corrected chi connectivity index (χ3v) is 8.58. The van der Waals surface area contributed by atoms with Crippen molar-refractivity contribution in [3.8, 4) is 17.1 Å². The molecule has 7 aromatic carbocycles. The topological polar surface area (TPSA) is 34.2 Å². The Morgan fingerprint density at radius 2 is 1.13 bits per heavy atom. The van der Waals surface area contributed by atoms with E-state index in [4.69, 9.17) is 9.40 Å². The average Bonchev–Trinajstić information content (AvgIpc) is 3.70. The third-order valence-electron chi connectivity index (χ3n) is 8.58. The summed E-state index contributed by atoms with van der Waals surface area (Å²) in [5, 5.41) is 4.60. The molecular formula is C41H27N3O. The molecule has 0 saturated heterocycles. The third kappa shape index (κ3) is 4.19. The first-order valence-electron chi connectivity index (χ1n) is 15.1. The Bertz CT molecular complexity index is 2480. The van der Waals surface area contributed by atoms with Crippen molar-refractivity contribution < 1.29 is 4.42 Å². The van der Waals surface area contributed by atoms with Crippen LogP contribution in [0.4, 0.5) is 17.1 Å². The van der Waals surface area contributed by atoms with Crippen LogP contribution in [-0.4, -0.2) is 9.55 Å².